The average Bonchev–Trinajstić information content (AvgIpc) is 2.44. The second-order valence-corrected chi connectivity index (χ2v) is 5.42. The van der Waals surface area contributed by atoms with Crippen molar-refractivity contribution in [3.05, 3.63) is 69.0 Å². The lowest BCUT2D eigenvalue weighted by molar-refractivity contribution is 0.484. The van der Waals surface area contributed by atoms with Gasteiger partial charge in [0.05, 0.1) is 5.02 Å². The standard InChI is InChI=1S/C15H12Cl2F3N/c1-8(10-5-14(19)12(17)6-11(10)16)21-7-9-3-2-4-13(18)15(9)20/h2-6,8,21H,7H2,1H3. The molecule has 6 heteroatoms. The van der Waals surface area contributed by atoms with Crippen LogP contribution in [0.2, 0.25) is 10.0 Å². The second kappa shape index (κ2) is 6.69. The van der Waals surface area contributed by atoms with Gasteiger partial charge in [-0.25, -0.2) is 13.2 Å². The van der Waals surface area contributed by atoms with Gasteiger partial charge in [0.2, 0.25) is 0 Å². The molecule has 0 fully saturated rings. The van der Waals surface area contributed by atoms with Gasteiger partial charge in [0, 0.05) is 23.2 Å². The first-order valence-corrected chi connectivity index (χ1v) is 6.96. The van der Waals surface area contributed by atoms with Gasteiger partial charge >= 0.3 is 0 Å². The summed E-state index contributed by atoms with van der Waals surface area (Å²) in [5.74, 6) is -2.38. The average molecular weight is 334 g/mol. The van der Waals surface area contributed by atoms with Crippen molar-refractivity contribution in [2.45, 2.75) is 19.5 Å². The van der Waals surface area contributed by atoms with Crippen LogP contribution in [0, 0.1) is 17.5 Å². The van der Waals surface area contributed by atoms with Crippen LogP contribution < -0.4 is 5.32 Å². The van der Waals surface area contributed by atoms with Crippen LogP contribution in [0.15, 0.2) is 30.3 Å². The van der Waals surface area contributed by atoms with E-state index in [2.05, 4.69) is 5.32 Å². The summed E-state index contributed by atoms with van der Waals surface area (Å²) in [6.07, 6.45) is 0. The van der Waals surface area contributed by atoms with E-state index in [1.807, 2.05) is 0 Å². The van der Waals surface area contributed by atoms with Gasteiger partial charge in [-0.2, -0.15) is 0 Å². The highest BCUT2D eigenvalue weighted by Gasteiger charge is 2.14. The van der Waals surface area contributed by atoms with Gasteiger partial charge in [-0.1, -0.05) is 35.3 Å². The Bertz CT molecular complexity index is 662. The van der Waals surface area contributed by atoms with Crippen molar-refractivity contribution in [3.63, 3.8) is 0 Å². The van der Waals surface area contributed by atoms with E-state index in [1.165, 1.54) is 24.3 Å². The zero-order chi connectivity index (χ0) is 15.6. The SMILES string of the molecule is CC(NCc1cccc(F)c1F)c1cc(F)c(Cl)cc1Cl. The molecule has 0 aliphatic carbocycles. The van der Waals surface area contributed by atoms with E-state index < -0.39 is 17.5 Å². The predicted octanol–water partition coefficient (Wildman–Crippen LogP) is 5.26. The Balaban J connectivity index is 2.13. The molecule has 2 aromatic carbocycles. The molecule has 0 radical (unpaired) electrons. The third kappa shape index (κ3) is 3.70. The second-order valence-electron chi connectivity index (χ2n) is 4.60. The Kier molecular flexibility index (Phi) is 5.14. The van der Waals surface area contributed by atoms with Crippen LogP contribution >= 0.6 is 23.2 Å². The van der Waals surface area contributed by atoms with E-state index in [0.29, 0.717) is 10.6 Å². The summed E-state index contributed by atoms with van der Waals surface area (Å²) in [4.78, 5) is 0. The predicted molar refractivity (Wildman–Crippen MR) is 78.0 cm³/mol. The molecule has 112 valence electrons. The quantitative estimate of drug-likeness (QED) is 0.752. The molecular formula is C15H12Cl2F3N. The third-order valence-corrected chi connectivity index (χ3v) is 3.75. The van der Waals surface area contributed by atoms with Crippen LogP contribution in [0.4, 0.5) is 13.2 Å². The molecule has 0 bridgehead atoms. The summed E-state index contributed by atoms with van der Waals surface area (Å²) in [6.45, 7) is 1.83. The minimum Gasteiger partial charge on any atom is -0.306 e. The van der Waals surface area contributed by atoms with Crippen molar-refractivity contribution < 1.29 is 13.2 Å². The summed E-state index contributed by atoms with van der Waals surface area (Å²) in [5, 5.41) is 3.21. The molecule has 0 aromatic heterocycles. The minimum atomic E-state index is -0.905. The Morgan fingerprint density at radius 1 is 1.05 bits per heavy atom. The summed E-state index contributed by atoms with van der Waals surface area (Å²) in [5.41, 5.74) is 0.683. The van der Waals surface area contributed by atoms with E-state index in [9.17, 15) is 13.2 Å². The fourth-order valence-electron chi connectivity index (χ4n) is 1.93. The van der Waals surface area contributed by atoms with Gasteiger partial charge in [0.25, 0.3) is 0 Å². The molecule has 0 aliphatic rings. The van der Waals surface area contributed by atoms with Crippen molar-refractivity contribution in [2.75, 3.05) is 0 Å². The van der Waals surface area contributed by atoms with E-state index >= 15 is 0 Å². The van der Waals surface area contributed by atoms with Crippen LogP contribution in [-0.4, -0.2) is 0 Å². The lowest BCUT2D eigenvalue weighted by Gasteiger charge is -2.16. The van der Waals surface area contributed by atoms with E-state index in [4.69, 9.17) is 23.2 Å². The van der Waals surface area contributed by atoms with Crippen LogP contribution in [-0.2, 0) is 6.54 Å². The van der Waals surface area contributed by atoms with Crippen molar-refractivity contribution in [2.24, 2.45) is 0 Å². The van der Waals surface area contributed by atoms with Crippen molar-refractivity contribution in [1.82, 2.24) is 5.32 Å². The van der Waals surface area contributed by atoms with Gasteiger partial charge in [-0.15, -0.1) is 0 Å². The van der Waals surface area contributed by atoms with Crippen LogP contribution in [0.25, 0.3) is 0 Å². The Labute approximate surface area is 130 Å². The molecule has 1 unspecified atom stereocenters. The summed E-state index contributed by atoms with van der Waals surface area (Å²) in [7, 11) is 0. The maximum absolute atomic E-state index is 13.5. The summed E-state index contributed by atoms with van der Waals surface area (Å²) in [6, 6.07) is 6.14. The fourth-order valence-corrected chi connectivity index (χ4v) is 2.47. The van der Waals surface area contributed by atoms with Gasteiger partial charge in [-0.05, 0) is 30.7 Å². The first-order chi connectivity index (χ1) is 9.90. The molecule has 21 heavy (non-hydrogen) atoms. The Morgan fingerprint density at radius 3 is 2.48 bits per heavy atom. The van der Waals surface area contributed by atoms with Gasteiger partial charge in [0.15, 0.2) is 11.6 Å². The highest BCUT2D eigenvalue weighted by molar-refractivity contribution is 6.35. The maximum Gasteiger partial charge on any atom is 0.163 e. The molecule has 1 atom stereocenters. The summed E-state index contributed by atoms with van der Waals surface area (Å²) >= 11 is 11.6. The summed E-state index contributed by atoms with van der Waals surface area (Å²) < 4.78 is 40.1. The molecule has 1 nitrogen and oxygen atoms in total. The maximum atomic E-state index is 13.5. The van der Waals surface area contributed by atoms with Crippen molar-refractivity contribution in [1.29, 1.82) is 0 Å². The van der Waals surface area contributed by atoms with E-state index in [-0.39, 0.29) is 23.2 Å². The molecule has 2 aromatic rings. The zero-order valence-corrected chi connectivity index (χ0v) is 12.6. The highest BCUT2D eigenvalue weighted by atomic mass is 35.5. The van der Waals surface area contributed by atoms with Crippen LogP contribution in [0.1, 0.15) is 24.1 Å². The largest absolute Gasteiger partial charge is 0.306 e. The molecule has 0 spiro atoms. The lowest BCUT2D eigenvalue weighted by Crippen LogP contribution is -2.19. The number of rotatable bonds is 4. The first-order valence-electron chi connectivity index (χ1n) is 6.21. The lowest BCUT2D eigenvalue weighted by atomic mass is 10.1. The monoisotopic (exact) mass is 333 g/mol. The molecule has 0 saturated carbocycles. The number of hydrogen-bond acceptors (Lipinski definition) is 1. The van der Waals surface area contributed by atoms with Gasteiger partial charge in [0.1, 0.15) is 5.82 Å². The third-order valence-electron chi connectivity index (χ3n) is 3.14. The first kappa shape index (κ1) is 16.1. The minimum absolute atomic E-state index is 0.0628. The molecule has 0 heterocycles. The van der Waals surface area contributed by atoms with Gasteiger partial charge < -0.3 is 5.32 Å². The zero-order valence-electron chi connectivity index (χ0n) is 11.1. The topological polar surface area (TPSA) is 12.0 Å². The van der Waals surface area contributed by atoms with Crippen LogP contribution in [0.3, 0.4) is 0 Å². The van der Waals surface area contributed by atoms with Crippen molar-refractivity contribution in [3.8, 4) is 0 Å². The molecule has 2 rings (SSSR count). The van der Waals surface area contributed by atoms with Gasteiger partial charge in [-0.3, -0.25) is 0 Å². The smallest absolute Gasteiger partial charge is 0.163 e. The normalized spacial score (nSPS) is 12.5. The fraction of sp³-hybridized carbons (Fsp3) is 0.200. The number of benzene rings is 2. The number of halogens is 5. The van der Waals surface area contributed by atoms with Crippen molar-refractivity contribution >= 4 is 23.2 Å². The molecular weight excluding hydrogens is 322 g/mol. The molecule has 0 saturated heterocycles. The number of hydrogen-bond donors (Lipinski definition) is 1. The Morgan fingerprint density at radius 2 is 1.76 bits per heavy atom. The van der Waals surface area contributed by atoms with E-state index in [1.54, 1.807) is 6.92 Å². The highest BCUT2D eigenvalue weighted by Crippen LogP contribution is 2.28. The van der Waals surface area contributed by atoms with E-state index in [0.717, 1.165) is 6.07 Å². The van der Waals surface area contributed by atoms with Crippen LogP contribution in [0.5, 0.6) is 0 Å². The Hall–Kier alpha value is -1.23. The molecule has 0 amide bonds. The molecule has 0 aliphatic heterocycles. The number of nitrogens with one attached hydrogen (secondary N) is 1. The molecule has 1 N–H and O–H groups in total.